The first kappa shape index (κ1) is 17.5. The number of hydrogen-bond acceptors (Lipinski definition) is 2. The van der Waals surface area contributed by atoms with Crippen LogP contribution in [0.1, 0.15) is 52.7 Å². The van der Waals surface area contributed by atoms with E-state index in [2.05, 4.69) is 70.7 Å². The van der Waals surface area contributed by atoms with Crippen LogP contribution in [0.2, 0.25) is 0 Å². The van der Waals surface area contributed by atoms with E-state index in [1.54, 1.807) is 0 Å². The highest BCUT2D eigenvalue weighted by Crippen LogP contribution is 2.23. The predicted octanol–water partition coefficient (Wildman–Crippen LogP) is 4.27. The van der Waals surface area contributed by atoms with Gasteiger partial charge < -0.3 is 4.74 Å². The van der Waals surface area contributed by atoms with Crippen LogP contribution in [0, 0.1) is 5.92 Å². The largest absolute Gasteiger partial charge is 0.373 e. The summed E-state index contributed by atoms with van der Waals surface area (Å²) in [6.07, 6.45) is 1.88. The summed E-state index contributed by atoms with van der Waals surface area (Å²) < 4.78 is 5.82. The van der Waals surface area contributed by atoms with Crippen LogP contribution in [0.5, 0.6) is 0 Å². The Balaban J connectivity index is 1.87. The molecule has 0 aromatic heterocycles. The van der Waals surface area contributed by atoms with Gasteiger partial charge in [-0.3, -0.25) is 4.90 Å². The molecule has 0 bridgehead atoms. The maximum absolute atomic E-state index is 5.82. The Hall–Kier alpha value is -0.860. The monoisotopic (exact) mass is 303 g/mol. The summed E-state index contributed by atoms with van der Waals surface area (Å²) in [6, 6.07) is 9.20. The van der Waals surface area contributed by atoms with Gasteiger partial charge in [-0.05, 0) is 42.7 Å². The molecule has 3 atom stereocenters. The molecule has 1 saturated heterocycles. The number of hydrogen-bond donors (Lipinski definition) is 0. The molecular weight excluding hydrogens is 270 g/mol. The smallest absolute Gasteiger partial charge is 0.0678 e. The molecule has 124 valence electrons. The average molecular weight is 303 g/mol. The summed E-state index contributed by atoms with van der Waals surface area (Å²) in [4.78, 5) is 2.56. The van der Waals surface area contributed by atoms with Gasteiger partial charge in [0.2, 0.25) is 0 Å². The Morgan fingerprint density at radius 1 is 1.09 bits per heavy atom. The van der Waals surface area contributed by atoms with Gasteiger partial charge in [0, 0.05) is 19.6 Å². The maximum Gasteiger partial charge on any atom is 0.0678 e. The Morgan fingerprint density at radius 2 is 1.64 bits per heavy atom. The second-order valence-electron chi connectivity index (χ2n) is 8.23. The first-order valence-electron chi connectivity index (χ1n) is 8.71. The van der Waals surface area contributed by atoms with Crippen molar-refractivity contribution in [2.45, 2.75) is 65.6 Å². The van der Waals surface area contributed by atoms with Crippen molar-refractivity contribution in [2.24, 2.45) is 5.92 Å². The lowest BCUT2D eigenvalue weighted by molar-refractivity contribution is -0.0708. The first-order chi connectivity index (χ1) is 10.2. The molecule has 22 heavy (non-hydrogen) atoms. The van der Waals surface area contributed by atoms with Gasteiger partial charge in [-0.2, -0.15) is 0 Å². The fourth-order valence-corrected chi connectivity index (χ4v) is 3.48. The van der Waals surface area contributed by atoms with Crippen molar-refractivity contribution in [3.63, 3.8) is 0 Å². The third-order valence-electron chi connectivity index (χ3n) is 4.47. The second-order valence-corrected chi connectivity index (χ2v) is 8.23. The first-order valence-corrected chi connectivity index (χ1v) is 8.71. The Morgan fingerprint density at radius 3 is 2.14 bits per heavy atom. The molecule has 1 heterocycles. The number of rotatable bonds is 4. The van der Waals surface area contributed by atoms with Gasteiger partial charge in [-0.1, -0.05) is 52.0 Å². The van der Waals surface area contributed by atoms with Crippen molar-refractivity contribution in [1.29, 1.82) is 0 Å². The lowest BCUT2D eigenvalue weighted by atomic mass is 9.86. The van der Waals surface area contributed by atoms with Crippen molar-refractivity contribution >= 4 is 0 Å². The minimum Gasteiger partial charge on any atom is -0.373 e. The van der Waals surface area contributed by atoms with E-state index in [4.69, 9.17) is 4.74 Å². The lowest BCUT2D eigenvalue weighted by Crippen LogP contribution is -2.47. The molecule has 0 unspecified atom stereocenters. The fraction of sp³-hybridized carbons (Fsp3) is 0.700. The van der Waals surface area contributed by atoms with Gasteiger partial charge >= 0.3 is 0 Å². The van der Waals surface area contributed by atoms with Crippen molar-refractivity contribution < 1.29 is 4.74 Å². The van der Waals surface area contributed by atoms with Crippen LogP contribution < -0.4 is 0 Å². The molecule has 2 heteroatoms. The second kappa shape index (κ2) is 7.14. The molecule has 2 rings (SSSR count). The molecule has 1 fully saturated rings. The van der Waals surface area contributed by atoms with E-state index in [1.165, 1.54) is 17.7 Å². The number of benzene rings is 1. The van der Waals surface area contributed by atoms with E-state index in [-0.39, 0.29) is 5.41 Å². The maximum atomic E-state index is 5.82. The Bertz CT molecular complexity index is 450. The van der Waals surface area contributed by atoms with Gasteiger partial charge in [0.1, 0.15) is 0 Å². The molecule has 2 nitrogen and oxygen atoms in total. The van der Waals surface area contributed by atoms with Crippen LogP contribution in [0.25, 0.3) is 0 Å². The van der Waals surface area contributed by atoms with Crippen LogP contribution in [0.4, 0.5) is 0 Å². The fourth-order valence-electron chi connectivity index (χ4n) is 3.48. The van der Waals surface area contributed by atoms with Crippen LogP contribution in [-0.2, 0) is 16.6 Å². The van der Waals surface area contributed by atoms with Crippen molar-refractivity contribution in [3.05, 3.63) is 35.4 Å². The SMILES string of the molecule is C[C@@H](Cc1ccc(C(C)(C)C)cc1)CN1C[C@@H](C)O[C@H](C)C1. The van der Waals surface area contributed by atoms with Gasteiger partial charge in [-0.15, -0.1) is 0 Å². The van der Waals surface area contributed by atoms with E-state index in [0.717, 1.165) is 19.5 Å². The normalized spacial score (nSPS) is 25.2. The van der Waals surface area contributed by atoms with Crippen molar-refractivity contribution in [1.82, 2.24) is 4.90 Å². The lowest BCUT2D eigenvalue weighted by Gasteiger charge is -2.36. The summed E-state index contributed by atoms with van der Waals surface area (Å²) in [5, 5.41) is 0. The highest BCUT2D eigenvalue weighted by atomic mass is 16.5. The van der Waals surface area contributed by atoms with E-state index in [9.17, 15) is 0 Å². The molecule has 0 N–H and O–H groups in total. The summed E-state index contributed by atoms with van der Waals surface area (Å²) in [5.41, 5.74) is 3.11. The van der Waals surface area contributed by atoms with E-state index >= 15 is 0 Å². The molecule has 0 radical (unpaired) electrons. The van der Waals surface area contributed by atoms with Crippen LogP contribution >= 0.6 is 0 Å². The molecule has 1 aliphatic heterocycles. The van der Waals surface area contributed by atoms with Crippen LogP contribution in [-0.4, -0.2) is 36.7 Å². The zero-order chi connectivity index (χ0) is 16.3. The molecular formula is C20H33NO. The van der Waals surface area contributed by atoms with E-state index in [1.807, 2.05) is 0 Å². The van der Waals surface area contributed by atoms with Gasteiger partial charge in [0.15, 0.2) is 0 Å². The molecule has 0 aliphatic carbocycles. The van der Waals surface area contributed by atoms with E-state index in [0.29, 0.717) is 18.1 Å². The summed E-state index contributed by atoms with van der Waals surface area (Å²) in [5.74, 6) is 0.679. The number of nitrogens with zero attached hydrogens (tertiary/aromatic N) is 1. The average Bonchev–Trinajstić information content (AvgIpc) is 2.36. The summed E-state index contributed by atoms with van der Waals surface area (Å²) in [7, 11) is 0. The predicted molar refractivity (Wildman–Crippen MR) is 94.5 cm³/mol. The van der Waals surface area contributed by atoms with Gasteiger partial charge in [0.05, 0.1) is 12.2 Å². The molecule has 1 aliphatic rings. The number of ether oxygens (including phenoxy) is 1. The molecule has 0 saturated carbocycles. The highest BCUT2D eigenvalue weighted by Gasteiger charge is 2.23. The molecule has 1 aromatic carbocycles. The quantitative estimate of drug-likeness (QED) is 0.823. The van der Waals surface area contributed by atoms with Crippen molar-refractivity contribution in [2.75, 3.05) is 19.6 Å². The highest BCUT2D eigenvalue weighted by molar-refractivity contribution is 5.27. The third kappa shape index (κ3) is 5.10. The summed E-state index contributed by atoms with van der Waals surface area (Å²) in [6.45, 7) is 16.8. The standard InChI is InChI=1S/C20H33NO/c1-15(12-21-13-16(2)22-17(3)14-21)11-18-7-9-19(10-8-18)20(4,5)6/h7-10,15-17H,11-14H2,1-6H3/t15-,16+,17+/m0/s1. The zero-order valence-electron chi connectivity index (χ0n) is 15.2. The van der Waals surface area contributed by atoms with Crippen LogP contribution in [0.3, 0.4) is 0 Å². The Labute approximate surface area is 136 Å². The van der Waals surface area contributed by atoms with Gasteiger partial charge in [0.25, 0.3) is 0 Å². The van der Waals surface area contributed by atoms with Crippen LogP contribution in [0.15, 0.2) is 24.3 Å². The third-order valence-corrected chi connectivity index (χ3v) is 4.47. The minimum absolute atomic E-state index is 0.240. The van der Waals surface area contributed by atoms with Gasteiger partial charge in [-0.25, -0.2) is 0 Å². The number of morpholine rings is 1. The Kier molecular flexibility index (Phi) is 5.68. The molecule has 0 amide bonds. The zero-order valence-corrected chi connectivity index (χ0v) is 15.2. The minimum atomic E-state index is 0.240. The molecule has 0 spiro atoms. The topological polar surface area (TPSA) is 12.5 Å². The van der Waals surface area contributed by atoms with Crippen molar-refractivity contribution in [3.8, 4) is 0 Å². The molecule has 1 aromatic rings. The van der Waals surface area contributed by atoms with E-state index < -0.39 is 0 Å². The summed E-state index contributed by atoms with van der Waals surface area (Å²) >= 11 is 0.